The average molecular weight is 607 g/mol. The van der Waals surface area contributed by atoms with E-state index in [1.54, 1.807) is 6.07 Å². The normalized spacial score (nSPS) is 20.0. The zero-order chi connectivity index (χ0) is 31.5. The molecule has 2 unspecified atom stereocenters. The Morgan fingerprint density at radius 1 is 1.09 bits per heavy atom. The Morgan fingerprint density at radius 3 is 2.41 bits per heavy atom. The van der Waals surface area contributed by atoms with E-state index < -0.39 is 29.2 Å². The van der Waals surface area contributed by atoms with Crippen molar-refractivity contribution in [3.05, 3.63) is 70.8 Å². The summed E-state index contributed by atoms with van der Waals surface area (Å²) in [7, 11) is 0. The fourth-order valence-electron chi connectivity index (χ4n) is 6.65. The van der Waals surface area contributed by atoms with Gasteiger partial charge in [-0.1, -0.05) is 17.3 Å². The average Bonchev–Trinajstić information content (AvgIpc) is 3.47. The second kappa shape index (κ2) is 11.0. The van der Waals surface area contributed by atoms with Gasteiger partial charge < -0.3 is 15.7 Å². The maximum absolute atomic E-state index is 16.2. The van der Waals surface area contributed by atoms with E-state index in [4.69, 9.17) is 5.73 Å². The molecule has 3 heterocycles. The molecule has 3 N–H and O–H groups in total. The first-order chi connectivity index (χ1) is 20.9. The van der Waals surface area contributed by atoms with Gasteiger partial charge in [0, 0.05) is 29.3 Å². The lowest BCUT2D eigenvalue weighted by atomic mass is 9.90. The number of benzene rings is 3. The smallest absolute Gasteiger partial charge is 0.268 e. The summed E-state index contributed by atoms with van der Waals surface area (Å²) in [4.78, 5) is 15.7. The summed E-state index contributed by atoms with van der Waals surface area (Å²) in [6.45, 7) is 2.71. The van der Waals surface area contributed by atoms with Crippen LogP contribution in [0.1, 0.15) is 67.4 Å². The standard InChI is InChI=1S/C32H30F4N6O2/c1-32(2,44)15-41-29-26(39-40-41)13-24(28(34)27(29)30(35)36)22-8-5-17(9-23(22)16-3-4-18(14-37)25(33)10-16)31(43)42-20-6-7-21(42)12-19(38)11-20/h3-5,8-10,13,19-21,30,44H,6-7,11-12,15,38H2,1-2H3. The van der Waals surface area contributed by atoms with Crippen LogP contribution in [0.2, 0.25) is 0 Å². The molecular formula is C32H30F4N6O2. The van der Waals surface area contributed by atoms with Crippen molar-refractivity contribution >= 4 is 16.9 Å². The molecule has 0 spiro atoms. The number of aromatic nitrogens is 3. The van der Waals surface area contributed by atoms with E-state index in [1.165, 1.54) is 50.2 Å². The van der Waals surface area contributed by atoms with E-state index in [9.17, 15) is 28.3 Å². The van der Waals surface area contributed by atoms with Crippen molar-refractivity contribution in [1.29, 1.82) is 5.26 Å². The molecule has 2 saturated heterocycles. The summed E-state index contributed by atoms with van der Waals surface area (Å²) < 4.78 is 61.0. The number of nitriles is 1. The number of nitrogens with zero attached hydrogens (tertiary/aromatic N) is 5. The molecule has 1 aromatic heterocycles. The number of aliphatic hydroxyl groups is 1. The number of hydrogen-bond donors (Lipinski definition) is 2. The zero-order valence-electron chi connectivity index (χ0n) is 24.1. The number of halogens is 4. The molecule has 4 aromatic rings. The van der Waals surface area contributed by atoms with Crippen molar-refractivity contribution < 1.29 is 27.5 Å². The van der Waals surface area contributed by atoms with Gasteiger partial charge in [-0.15, -0.1) is 5.10 Å². The number of amides is 1. The third-order valence-electron chi connectivity index (χ3n) is 8.49. The number of fused-ring (bicyclic) bond motifs is 3. The predicted octanol–water partition coefficient (Wildman–Crippen LogP) is 5.72. The molecule has 1 amide bonds. The first kappa shape index (κ1) is 29.7. The summed E-state index contributed by atoms with van der Waals surface area (Å²) in [6, 6.07) is 11.3. The molecule has 12 heteroatoms. The third kappa shape index (κ3) is 5.20. The highest BCUT2D eigenvalue weighted by Crippen LogP contribution is 2.42. The van der Waals surface area contributed by atoms with E-state index >= 15 is 4.39 Å². The van der Waals surface area contributed by atoms with Crippen LogP contribution in [-0.4, -0.2) is 54.6 Å². The first-order valence-corrected chi connectivity index (χ1v) is 14.3. The summed E-state index contributed by atoms with van der Waals surface area (Å²) in [5, 5.41) is 27.4. The molecule has 0 aliphatic carbocycles. The number of carbonyl (C=O) groups excluding carboxylic acids is 1. The summed E-state index contributed by atoms with van der Waals surface area (Å²) in [5.41, 5.74) is 3.99. The van der Waals surface area contributed by atoms with Gasteiger partial charge in [-0.2, -0.15) is 5.26 Å². The first-order valence-electron chi connectivity index (χ1n) is 14.3. The number of rotatable bonds is 6. The Hall–Kier alpha value is -4.34. The van der Waals surface area contributed by atoms with E-state index in [0.717, 1.165) is 23.6 Å². The van der Waals surface area contributed by atoms with E-state index in [2.05, 4.69) is 10.3 Å². The number of nitrogens with two attached hydrogens (primary N) is 1. The Labute approximate surface area is 250 Å². The maximum Gasteiger partial charge on any atom is 0.268 e. The Kier molecular flexibility index (Phi) is 7.42. The molecule has 2 aliphatic rings. The molecule has 2 fully saturated rings. The Morgan fingerprint density at radius 2 is 1.80 bits per heavy atom. The van der Waals surface area contributed by atoms with Gasteiger partial charge in [0.15, 0.2) is 0 Å². The minimum Gasteiger partial charge on any atom is -0.389 e. The monoisotopic (exact) mass is 606 g/mol. The van der Waals surface area contributed by atoms with Crippen molar-refractivity contribution in [3.63, 3.8) is 0 Å². The Balaban J connectivity index is 1.54. The van der Waals surface area contributed by atoms with E-state index in [-0.39, 0.29) is 75.0 Å². The fourth-order valence-corrected chi connectivity index (χ4v) is 6.65. The molecule has 44 heavy (non-hydrogen) atoms. The van der Waals surface area contributed by atoms with Crippen molar-refractivity contribution in [3.8, 4) is 28.3 Å². The number of hydrogen-bond acceptors (Lipinski definition) is 6. The SMILES string of the molecule is CC(C)(O)Cn1nnc2cc(-c3ccc(C(=O)N4C5CCC4CC(N)C5)cc3-c3ccc(C#N)c(F)c3)c(F)c(C(F)F)c21. The number of piperidine rings is 1. The minimum absolute atomic E-state index is 0.00769. The molecule has 228 valence electrons. The molecule has 2 bridgehead atoms. The fraction of sp³-hybridized carbons (Fsp3) is 0.375. The lowest BCUT2D eigenvalue weighted by molar-refractivity contribution is 0.0570. The van der Waals surface area contributed by atoms with Gasteiger partial charge in [0.05, 0.1) is 23.3 Å². The van der Waals surface area contributed by atoms with Crippen molar-refractivity contribution in [1.82, 2.24) is 19.9 Å². The highest BCUT2D eigenvalue weighted by atomic mass is 19.3. The summed E-state index contributed by atoms with van der Waals surface area (Å²) >= 11 is 0. The third-order valence-corrected chi connectivity index (χ3v) is 8.49. The lowest BCUT2D eigenvalue weighted by Gasteiger charge is -2.38. The minimum atomic E-state index is -3.26. The molecule has 8 nitrogen and oxygen atoms in total. The van der Waals surface area contributed by atoms with Crippen LogP contribution in [0, 0.1) is 23.0 Å². The molecule has 6 rings (SSSR count). The zero-order valence-corrected chi connectivity index (χ0v) is 24.1. The molecule has 3 aromatic carbocycles. The van der Waals surface area contributed by atoms with Crippen LogP contribution in [0.5, 0.6) is 0 Å². The van der Waals surface area contributed by atoms with E-state index in [0.29, 0.717) is 12.8 Å². The topological polar surface area (TPSA) is 121 Å². The van der Waals surface area contributed by atoms with Crippen LogP contribution in [0.25, 0.3) is 33.3 Å². The van der Waals surface area contributed by atoms with Gasteiger partial charge in [-0.3, -0.25) is 4.79 Å². The second-order valence-electron chi connectivity index (χ2n) is 12.3. The van der Waals surface area contributed by atoms with Gasteiger partial charge in [-0.25, -0.2) is 22.2 Å². The van der Waals surface area contributed by atoms with Crippen molar-refractivity contribution in [2.75, 3.05) is 0 Å². The van der Waals surface area contributed by atoms with Gasteiger partial charge >= 0.3 is 0 Å². The van der Waals surface area contributed by atoms with Crippen LogP contribution in [0.4, 0.5) is 17.6 Å². The van der Waals surface area contributed by atoms with Crippen LogP contribution in [-0.2, 0) is 6.54 Å². The molecule has 2 atom stereocenters. The lowest BCUT2D eigenvalue weighted by Crippen LogP contribution is -2.50. The van der Waals surface area contributed by atoms with Gasteiger partial charge in [-0.05, 0) is 86.6 Å². The van der Waals surface area contributed by atoms with E-state index in [1.807, 2.05) is 4.90 Å². The number of alkyl halides is 2. The predicted molar refractivity (Wildman–Crippen MR) is 154 cm³/mol. The van der Waals surface area contributed by atoms with Crippen LogP contribution in [0.15, 0.2) is 42.5 Å². The largest absolute Gasteiger partial charge is 0.389 e. The van der Waals surface area contributed by atoms with Crippen LogP contribution < -0.4 is 5.73 Å². The highest BCUT2D eigenvalue weighted by Gasteiger charge is 2.42. The quantitative estimate of drug-likeness (QED) is 0.271. The van der Waals surface area contributed by atoms with Crippen molar-refractivity contribution in [2.24, 2.45) is 5.73 Å². The molecule has 2 aliphatic heterocycles. The maximum atomic E-state index is 16.2. The molecule has 0 radical (unpaired) electrons. The summed E-state index contributed by atoms with van der Waals surface area (Å²) in [6.07, 6.45) is -0.209. The number of carbonyl (C=O) groups is 1. The molecular weight excluding hydrogens is 576 g/mol. The van der Waals surface area contributed by atoms with Gasteiger partial charge in [0.1, 0.15) is 28.7 Å². The molecule has 0 saturated carbocycles. The Bertz CT molecular complexity index is 1810. The van der Waals surface area contributed by atoms with Crippen molar-refractivity contribution in [2.45, 2.75) is 76.2 Å². The van der Waals surface area contributed by atoms with Gasteiger partial charge in [0.25, 0.3) is 12.3 Å². The van der Waals surface area contributed by atoms with Crippen LogP contribution in [0.3, 0.4) is 0 Å². The second-order valence-corrected chi connectivity index (χ2v) is 12.3. The van der Waals surface area contributed by atoms with Crippen LogP contribution >= 0.6 is 0 Å². The highest BCUT2D eigenvalue weighted by molar-refractivity contribution is 5.99. The van der Waals surface area contributed by atoms with Gasteiger partial charge in [0.2, 0.25) is 0 Å². The summed E-state index contributed by atoms with van der Waals surface area (Å²) in [5.74, 6) is -2.30.